The van der Waals surface area contributed by atoms with Crippen molar-refractivity contribution >= 4 is 0 Å². The number of methoxy groups -OCH3 is 1. The van der Waals surface area contributed by atoms with Crippen LogP contribution in [-0.2, 0) is 9.47 Å². The van der Waals surface area contributed by atoms with Gasteiger partial charge in [0, 0.05) is 19.3 Å². The molecule has 0 aliphatic carbocycles. The Kier molecular flexibility index (Phi) is 6.29. The average molecular weight is 189 g/mol. The average Bonchev–Trinajstić information content (AvgIpc) is 2.12. The fourth-order valence-corrected chi connectivity index (χ4v) is 0.968. The third-order valence-corrected chi connectivity index (χ3v) is 2.46. The molecule has 0 saturated heterocycles. The molecule has 3 nitrogen and oxygen atoms in total. The standard InChI is InChI=1S/C10H23NO2/c1-6-10(3,4)11(8-12-5)9-13-7-2/h6-9H2,1-5H3. The lowest BCUT2D eigenvalue weighted by Crippen LogP contribution is -2.45. The van der Waals surface area contributed by atoms with Crippen LogP contribution in [0.3, 0.4) is 0 Å². The minimum atomic E-state index is 0.144. The number of hydrogen-bond donors (Lipinski definition) is 0. The Hall–Kier alpha value is -0.120. The van der Waals surface area contributed by atoms with Gasteiger partial charge in [0.2, 0.25) is 0 Å². The molecule has 0 aromatic heterocycles. The van der Waals surface area contributed by atoms with Crippen LogP contribution in [0.15, 0.2) is 0 Å². The molecule has 0 spiro atoms. The molecule has 0 N–H and O–H groups in total. The van der Waals surface area contributed by atoms with Crippen LogP contribution in [0, 0.1) is 0 Å². The maximum atomic E-state index is 5.38. The second-order valence-corrected chi connectivity index (χ2v) is 3.75. The minimum absolute atomic E-state index is 0.144. The van der Waals surface area contributed by atoms with Gasteiger partial charge in [0.05, 0.1) is 0 Å². The van der Waals surface area contributed by atoms with Crippen molar-refractivity contribution in [2.45, 2.75) is 39.7 Å². The summed E-state index contributed by atoms with van der Waals surface area (Å²) in [6.07, 6.45) is 1.09. The first-order chi connectivity index (χ1) is 6.08. The zero-order chi connectivity index (χ0) is 10.3. The molecule has 0 fully saturated rings. The zero-order valence-corrected chi connectivity index (χ0v) is 9.59. The van der Waals surface area contributed by atoms with Gasteiger partial charge in [-0.2, -0.15) is 0 Å². The Bertz CT molecular complexity index is 126. The van der Waals surface area contributed by atoms with Crippen LogP contribution in [0.1, 0.15) is 34.1 Å². The molecule has 0 aliphatic rings. The number of rotatable bonds is 7. The SMILES string of the molecule is CCOCN(COC)C(C)(C)CC. The van der Waals surface area contributed by atoms with E-state index in [0.29, 0.717) is 13.5 Å². The molecule has 0 radical (unpaired) electrons. The van der Waals surface area contributed by atoms with Gasteiger partial charge in [-0.1, -0.05) is 6.92 Å². The third kappa shape index (κ3) is 4.60. The van der Waals surface area contributed by atoms with Gasteiger partial charge in [-0.15, -0.1) is 0 Å². The van der Waals surface area contributed by atoms with E-state index in [2.05, 4.69) is 25.7 Å². The fraction of sp³-hybridized carbons (Fsp3) is 1.00. The number of hydrogen-bond acceptors (Lipinski definition) is 3. The summed E-state index contributed by atoms with van der Waals surface area (Å²) in [5, 5.41) is 0. The maximum Gasteiger partial charge on any atom is 0.101 e. The van der Waals surface area contributed by atoms with Crippen molar-refractivity contribution in [2.75, 3.05) is 27.2 Å². The van der Waals surface area contributed by atoms with Gasteiger partial charge in [0.1, 0.15) is 13.5 Å². The Labute approximate surface area is 82.0 Å². The van der Waals surface area contributed by atoms with Crippen LogP contribution in [0.4, 0.5) is 0 Å². The summed E-state index contributed by atoms with van der Waals surface area (Å²) in [6.45, 7) is 10.6. The van der Waals surface area contributed by atoms with Crippen molar-refractivity contribution in [2.24, 2.45) is 0 Å². The predicted molar refractivity (Wildman–Crippen MR) is 54.6 cm³/mol. The van der Waals surface area contributed by atoms with Gasteiger partial charge in [-0.05, 0) is 27.2 Å². The van der Waals surface area contributed by atoms with Crippen molar-refractivity contribution in [1.29, 1.82) is 0 Å². The molecule has 0 heterocycles. The Morgan fingerprint density at radius 1 is 1.15 bits per heavy atom. The fourth-order valence-electron chi connectivity index (χ4n) is 0.968. The number of nitrogens with zero attached hydrogens (tertiary/aromatic N) is 1. The van der Waals surface area contributed by atoms with Crippen LogP contribution in [-0.4, -0.2) is 37.6 Å². The molecule has 0 atom stereocenters. The normalized spacial score (nSPS) is 12.5. The molecule has 0 amide bonds. The third-order valence-electron chi connectivity index (χ3n) is 2.46. The molecule has 0 unspecified atom stereocenters. The molecule has 0 rings (SSSR count). The molecule has 3 heteroatoms. The van der Waals surface area contributed by atoms with E-state index in [1.807, 2.05) is 6.92 Å². The van der Waals surface area contributed by atoms with E-state index in [9.17, 15) is 0 Å². The molecule has 0 bridgehead atoms. The molecular weight excluding hydrogens is 166 g/mol. The van der Waals surface area contributed by atoms with E-state index in [1.54, 1.807) is 7.11 Å². The van der Waals surface area contributed by atoms with Crippen molar-refractivity contribution < 1.29 is 9.47 Å². The van der Waals surface area contributed by atoms with E-state index in [4.69, 9.17) is 9.47 Å². The van der Waals surface area contributed by atoms with Crippen molar-refractivity contribution in [3.8, 4) is 0 Å². The summed E-state index contributed by atoms with van der Waals surface area (Å²) in [7, 11) is 1.71. The Balaban J connectivity index is 4.05. The van der Waals surface area contributed by atoms with Crippen LogP contribution in [0.2, 0.25) is 0 Å². The summed E-state index contributed by atoms with van der Waals surface area (Å²) >= 11 is 0. The Morgan fingerprint density at radius 3 is 2.15 bits per heavy atom. The van der Waals surface area contributed by atoms with Crippen LogP contribution in [0.5, 0.6) is 0 Å². The van der Waals surface area contributed by atoms with Gasteiger partial charge in [-0.3, -0.25) is 4.90 Å². The van der Waals surface area contributed by atoms with Crippen molar-refractivity contribution in [3.05, 3.63) is 0 Å². The van der Waals surface area contributed by atoms with E-state index in [-0.39, 0.29) is 5.54 Å². The highest BCUT2D eigenvalue weighted by Crippen LogP contribution is 2.17. The van der Waals surface area contributed by atoms with Gasteiger partial charge in [0.25, 0.3) is 0 Å². The summed E-state index contributed by atoms with van der Waals surface area (Å²) in [5.41, 5.74) is 0.144. The lowest BCUT2D eigenvalue weighted by atomic mass is 10.0. The summed E-state index contributed by atoms with van der Waals surface area (Å²) in [5.74, 6) is 0. The molecule has 0 aliphatic heterocycles. The second-order valence-electron chi connectivity index (χ2n) is 3.75. The van der Waals surface area contributed by atoms with Gasteiger partial charge in [-0.25, -0.2) is 0 Å². The highest BCUT2D eigenvalue weighted by Gasteiger charge is 2.24. The topological polar surface area (TPSA) is 21.7 Å². The molecule has 13 heavy (non-hydrogen) atoms. The quantitative estimate of drug-likeness (QED) is 0.572. The Morgan fingerprint density at radius 2 is 1.77 bits per heavy atom. The largest absolute Gasteiger partial charge is 0.369 e. The molecular formula is C10H23NO2. The van der Waals surface area contributed by atoms with Gasteiger partial charge < -0.3 is 9.47 Å². The maximum absolute atomic E-state index is 5.38. The highest BCUT2D eigenvalue weighted by molar-refractivity contribution is 4.76. The minimum Gasteiger partial charge on any atom is -0.369 e. The first-order valence-electron chi connectivity index (χ1n) is 4.90. The molecule has 0 aromatic rings. The molecule has 0 saturated carbocycles. The lowest BCUT2D eigenvalue weighted by Gasteiger charge is -2.36. The van der Waals surface area contributed by atoms with Crippen LogP contribution >= 0.6 is 0 Å². The van der Waals surface area contributed by atoms with Crippen LogP contribution < -0.4 is 0 Å². The summed E-state index contributed by atoms with van der Waals surface area (Å²) in [4.78, 5) is 2.19. The molecule has 0 aromatic carbocycles. The lowest BCUT2D eigenvalue weighted by molar-refractivity contribution is -0.0787. The first-order valence-corrected chi connectivity index (χ1v) is 4.90. The molecule has 80 valence electrons. The predicted octanol–water partition coefficient (Wildman–Crippen LogP) is 2.07. The van der Waals surface area contributed by atoms with Gasteiger partial charge >= 0.3 is 0 Å². The van der Waals surface area contributed by atoms with E-state index < -0.39 is 0 Å². The van der Waals surface area contributed by atoms with Crippen molar-refractivity contribution in [3.63, 3.8) is 0 Å². The van der Waals surface area contributed by atoms with Gasteiger partial charge in [0.15, 0.2) is 0 Å². The number of ether oxygens (including phenoxy) is 2. The zero-order valence-electron chi connectivity index (χ0n) is 9.59. The first kappa shape index (κ1) is 12.9. The summed E-state index contributed by atoms with van der Waals surface area (Å²) < 4.78 is 10.5. The van der Waals surface area contributed by atoms with E-state index >= 15 is 0 Å². The summed E-state index contributed by atoms with van der Waals surface area (Å²) in [6, 6.07) is 0. The monoisotopic (exact) mass is 189 g/mol. The smallest absolute Gasteiger partial charge is 0.101 e. The van der Waals surface area contributed by atoms with Crippen LogP contribution in [0.25, 0.3) is 0 Å². The van der Waals surface area contributed by atoms with E-state index in [0.717, 1.165) is 13.0 Å². The van der Waals surface area contributed by atoms with Crippen molar-refractivity contribution in [1.82, 2.24) is 4.90 Å². The highest BCUT2D eigenvalue weighted by atomic mass is 16.5. The second kappa shape index (κ2) is 6.35. The van der Waals surface area contributed by atoms with E-state index in [1.165, 1.54) is 0 Å².